The van der Waals surface area contributed by atoms with Crippen molar-refractivity contribution in [3.8, 4) is 0 Å². The minimum Gasteiger partial charge on any atom is -0.397 e. The van der Waals surface area contributed by atoms with E-state index in [1.807, 2.05) is 5.38 Å². The molecule has 0 radical (unpaired) electrons. The minimum atomic E-state index is 0.921. The fourth-order valence-electron chi connectivity index (χ4n) is 0.781. The van der Waals surface area contributed by atoms with Crippen LogP contribution in [-0.4, -0.2) is 0 Å². The predicted molar refractivity (Wildman–Crippen MR) is 44.1 cm³/mol. The van der Waals surface area contributed by atoms with Gasteiger partial charge in [0.05, 0.1) is 10.4 Å². The molecule has 2 N–H and O–H groups in total. The second-order valence-corrected chi connectivity index (χ2v) is 3.63. The quantitative estimate of drug-likeness (QED) is 0.621. The molecule has 1 nitrogen and oxygen atoms in total. The predicted octanol–water partition coefficient (Wildman–Crippen LogP) is 2.55. The van der Waals surface area contributed by atoms with Crippen molar-refractivity contribution in [1.29, 1.82) is 0 Å². The summed E-state index contributed by atoms with van der Waals surface area (Å²) < 4.78 is 2.54. The maximum absolute atomic E-state index is 5.64. The van der Waals surface area contributed by atoms with Crippen LogP contribution in [-0.2, 0) is 0 Å². The molecule has 0 aliphatic heterocycles. The second kappa shape index (κ2) is 1.72. The molecule has 2 heterocycles. The summed E-state index contributed by atoms with van der Waals surface area (Å²) in [7, 11) is 0. The molecule has 2 rings (SSSR count). The van der Waals surface area contributed by atoms with Crippen LogP contribution in [0.1, 0.15) is 0 Å². The summed E-state index contributed by atoms with van der Waals surface area (Å²) >= 11 is 3.41. The van der Waals surface area contributed by atoms with Gasteiger partial charge in [-0.1, -0.05) is 0 Å². The SMILES string of the molecule is Nc1csc2ccsc12. The molecule has 0 amide bonds. The Morgan fingerprint density at radius 3 is 3.00 bits per heavy atom. The molecule has 0 saturated carbocycles. The topological polar surface area (TPSA) is 26.0 Å². The van der Waals surface area contributed by atoms with E-state index in [2.05, 4.69) is 11.4 Å². The summed E-state index contributed by atoms with van der Waals surface area (Å²) in [6.45, 7) is 0. The standard InChI is InChI=1S/C6H5NS2/c7-4-3-9-5-1-2-8-6(4)5/h1-3H,7H2. The number of anilines is 1. The van der Waals surface area contributed by atoms with Crippen LogP contribution in [0.5, 0.6) is 0 Å². The van der Waals surface area contributed by atoms with Crippen molar-refractivity contribution in [2.45, 2.75) is 0 Å². The van der Waals surface area contributed by atoms with Crippen molar-refractivity contribution in [1.82, 2.24) is 0 Å². The number of hydrogen-bond donors (Lipinski definition) is 1. The molecule has 0 bridgehead atoms. The molecule has 0 aromatic carbocycles. The first kappa shape index (κ1) is 5.26. The van der Waals surface area contributed by atoms with E-state index >= 15 is 0 Å². The van der Waals surface area contributed by atoms with Crippen molar-refractivity contribution in [2.75, 3.05) is 5.73 Å². The van der Waals surface area contributed by atoms with Crippen molar-refractivity contribution in [2.24, 2.45) is 0 Å². The van der Waals surface area contributed by atoms with Crippen LogP contribution in [0.15, 0.2) is 16.8 Å². The lowest BCUT2D eigenvalue weighted by Gasteiger charge is -1.77. The van der Waals surface area contributed by atoms with Crippen LogP contribution in [0, 0.1) is 0 Å². The summed E-state index contributed by atoms with van der Waals surface area (Å²) in [6, 6.07) is 2.10. The van der Waals surface area contributed by atoms with Crippen LogP contribution < -0.4 is 5.73 Å². The summed E-state index contributed by atoms with van der Waals surface area (Å²) in [5.41, 5.74) is 6.56. The lowest BCUT2D eigenvalue weighted by atomic mass is 10.5. The Hall–Kier alpha value is -0.540. The van der Waals surface area contributed by atoms with Gasteiger partial charge in [0, 0.05) is 10.1 Å². The van der Waals surface area contributed by atoms with Crippen LogP contribution in [0.25, 0.3) is 9.40 Å². The summed E-state index contributed by atoms with van der Waals surface area (Å²) in [5.74, 6) is 0. The van der Waals surface area contributed by atoms with Crippen molar-refractivity contribution in [3.63, 3.8) is 0 Å². The Labute approximate surface area is 60.7 Å². The molecule has 3 heteroatoms. The van der Waals surface area contributed by atoms with Crippen molar-refractivity contribution >= 4 is 37.8 Å². The number of thiophene rings is 2. The Bertz CT molecular complexity index is 320. The summed E-state index contributed by atoms with van der Waals surface area (Å²) in [6.07, 6.45) is 0. The van der Waals surface area contributed by atoms with Crippen LogP contribution in [0.2, 0.25) is 0 Å². The molecule has 46 valence electrons. The van der Waals surface area contributed by atoms with Gasteiger partial charge in [0.1, 0.15) is 0 Å². The maximum atomic E-state index is 5.64. The highest BCUT2D eigenvalue weighted by Crippen LogP contribution is 2.32. The lowest BCUT2D eigenvalue weighted by molar-refractivity contribution is 1.99. The zero-order valence-electron chi connectivity index (χ0n) is 4.63. The van der Waals surface area contributed by atoms with E-state index in [0.717, 1.165) is 5.69 Å². The van der Waals surface area contributed by atoms with Gasteiger partial charge in [-0.3, -0.25) is 0 Å². The van der Waals surface area contributed by atoms with Crippen LogP contribution in [0.3, 0.4) is 0 Å². The van der Waals surface area contributed by atoms with Crippen LogP contribution >= 0.6 is 22.7 Å². The van der Waals surface area contributed by atoms with Gasteiger partial charge in [0.25, 0.3) is 0 Å². The molecule has 0 atom stereocenters. The number of rotatable bonds is 0. The molecule has 0 unspecified atom stereocenters. The third-order valence-corrected chi connectivity index (χ3v) is 3.26. The van der Waals surface area contributed by atoms with E-state index < -0.39 is 0 Å². The number of nitrogen functional groups attached to an aromatic ring is 1. The molecule has 0 fully saturated rings. The largest absolute Gasteiger partial charge is 0.397 e. The van der Waals surface area contributed by atoms with Gasteiger partial charge < -0.3 is 5.73 Å². The summed E-state index contributed by atoms with van der Waals surface area (Å²) in [4.78, 5) is 0. The molecular weight excluding hydrogens is 150 g/mol. The Morgan fingerprint density at radius 2 is 2.22 bits per heavy atom. The number of hydrogen-bond acceptors (Lipinski definition) is 3. The van der Waals surface area contributed by atoms with E-state index in [4.69, 9.17) is 5.73 Å². The number of fused-ring (bicyclic) bond motifs is 1. The molecule has 2 aromatic heterocycles. The third kappa shape index (κ3) is 0.653. The van der Waals surface area contributed by atoms with Crippen molar-refractivity contribution in [3.05, 3.63) is 16.8 Å². The van der Waals surface area contributed by atoms with E-state index in [1.54, 1.807) is 22.7 Å². The zero-order valence-corrected chi connectivity index (χ0v) is 6.26. The fourth-order valence-corrected chi connectivity index (χ4v) is 2.69. The van der Waals surface area contributed by atoms with E-state index in [-0.39, 0.29) is 0 Å². The second-order valence-electron chi connectivity index (χ2n) is 1.81. The average Bonchev–Trinajstić information content (AvgIpc) is 2.35. The molecule has 0 aliphatic carbocycles. The molecular formula is C6H5NS2. The van der Waals surface area contributed by atoms with Crippen LogP contribution in [0.4, 0.5) is 5.69 Å². The Kier molecular flexibility index (Phi) is 1.00. The molecule has 9 heavy (non-hydrogen) atoms. The van der Waals surface area contributed by atoms with Gasteiger partial charge in [0.15, 0.2) is 0 Å². The molecule has 0 aliphatic rings. The van der Waals surface area contributed by atoms with Gasteiger partial charge in [-0.15, -0.1) is 22.7 Å². The highest BCUT2D eigenvalue weighted by atomic mass is 32.1. The zero-order chi connectivity index (χ0) is 6.27. The first-order valence-electron chi connectivity index (χ1n) is 2.58. The lowest BCUT2D eigenvalue weighted by Crippen LogP contribution is -1.75. The smallest absolute Gasteiger partial charge is 0.0680 e. The Morgan fingerprint density at radius 1 is 1.33 bits per heavy atom. The Balaban J connectivity index is 2.99. The normalized spacial score (nSPS) is 10.7. The minimum absolute atomic E-state index is 0.921. The highest BCUT2D eigenvalue weighted by molar-refractivity contribution is 7.26. The van der Waals surface area contributed by atoms with Gasteiger partial charge in [-0.25, -0.2) is 0 Å². The van der Waals surface area contributed by atoms with Gasteiger partial charge in [-0.2, -0.15) is 0 Å². The highest BCUT2D eigenvalue weighted by Gasteiger charge is 1.98. The van der Waals surface area contributed by atoms with E-state index in [1.165, 1.54) is 9.40 Å². The summed E-state index contributed by atoms with van der Waals surface area (Å²) in [5, 5.41) is 4.05. The average molecular weight is 155 g/mol. The molecule has 0 saturated heterocycles. The maximum Gasteiger partial charge on any atom is 0.0680 e. The third-order valence-electron chi connectivity index (χ3n) is 1.20. The van der Waals surface area contributed by atoms with Gasteiger partial charge in [0.2, 0.25) is 0 Å². The molecule has 2 aromatic rings. The monoisotopic (exact) mass is 155 g/mol. The fraction of sp³-hybridized carbons (Fsp3) is 0. The van der Waals surface area contributed by atoms with Crippen molar-refractivity contribution < 1.29 is 0 Å². The van der Waals surface area contributed by atoms with E-state index in [9.17, 15) is 0 Å². The molecule has 0 spiro atoms. The van der Waals surface area contributed by atoms with Gasteiger partial charge >= 0.3 is 0 Å². The first-order chi connectivity index (χ1) is 4.38. The number of nitrogens with two attached hydrogens (primary N) is 1. The van der Waals surface area contributed by atoms with Gasteiger partial charge in [-0.05, 0) is 11.4 Å². The first-order valence-corrected chi connectivity index (χ1v) is 4.34. The van der Waals surface area contributed by atoms with E-state index in [0.29, 0.717) is 0 Å².